The highest BCUT2D eigenvalue weighted by Crippen LogP contribution is 2.22. The van der Waals surface area contributed by atoms with Crippen molar-refractivity contribution in [2.75, 3.05) is 0 Å². The van der Waals surface area contributed by atoms with E-state index >= 15 is 0 Å². The molecule has 26 heavy (non-hydrogen) atoms. The Morgan fingerprint density at radius 1 is 0.962 bits per heavy atom. The van der Waals surface area contributed by atoms with Crippen LogP contribution in [-0.4, -0.2) is 28.3 Å². The van der Waals surface area contributed by atoms with Crippen molar-refractivity contribution in [3.05, 3.63) is 34.4 Å². The number of imide groups is 1. The fraction of sp³-hybridized carbons (Fsp3) is 0.550. The molecular formula is C20H28N2O4. The summed E-state index contributed by atoms with van der Waals surface area (Å²) >= 11 is 0. The van der Waals surface area contributed by atoms with E-state index in [0.29, 0.717) is 5.56 Å². The molecule has 1 aromatic rings. The lowest BCUT2D eigenvalue weighted by molar-refractivity contribution is -0.000283. The number of nitriles is 1. The van der Waals surface area contributed by atoms with Crippen LogP contribution in [0, 0.1) is 25.2 Å². The summed E-state index contributed by atoms with van der Waals surface area (Å²) in [5.41, 5.74) is 1.46. The van der Waals surface area contributed by atoms with E-state index in [0.717, 1.165) is 21.6 Å². The Morgan fingerprint density at radius 3 is 1.65 bits per heavy atom. The van der Waals surface area contributed by atoms with Gasteiger partial charge in [-0.2, -0.15) is 5.26 Å². The van der Waals surface area contributed by atoms with Crippen molar-refractivity contribution in [1.29, 1.82) is 5.26 Å². The Labute approximate surface area is 155 Å². The smallest absolute Gasteiger partial charge is 0.420 e. The zero-order valence-electron chi connectivity index (χ0n) is 16.9. The summed E-state index contributed by atoms with van der Waals surface area (Å²) in [7, 11) is 0. The molecule has 0 N–H and O–H groups in total. The first-order chi connectivity index (χ1) is 11.7. The van der Waals surface area contributed by atoms with Crippen LogP contribution >= 0.6 is 0 Å². The molecule has 0 aromatic heterocycles. The molecule has 0 saturated carbocycles. The minimum Gasteiger partial charge on any atom is -0.443 e. The predicted molar refractivity (Wildman–Crippen MR) is 98.6 cm³/mol. The minimum atomic E-state index is -0.769. The van der Waals surface area contributed by atoms with Crippen LogP contribution in [0.2, 0.25) is 0 Å². The first kappa shape index (κ1) is 21.5. The average Bonchev–Trinajstić information content (AvgIpc) is 2.42. The van der Waals surface area contributed by atoms with Crippen molar-refractivity contribution in [2.24, 2.45) is 0 Å². The molecule has 0 heterocycles. The van der Waals surface area contributed by atoms with E-state index < -0.39 is 23.4 Å². The minimum absolute atomic E-state index is 0.00714. The maximum absolute atomic E-state index is 12.6. The second-order valence-corrected chi connectivity index (χ2v) is 8.25. The van der Waals surface area contributed by atoms with E-state index in [1.807, 2.05) is 13.8 Å². The molecule has 142 valence electrons. The molecule has 0 radical (unpaired) electrons. The number of ether oxygens (including phenoxy) is 2. The molecule has 0 aliphatic rings. The van der Waals surface area contributed by atoms with Gasteiger partial charge in [-0.1, -0.05) is 0 Å². The van der Waals surface area contributed by atoms with Crippen molar-refractivity contribution >= 4 is 12.2 Å². The largest absolute Gasteiger partial charge is 0.443 e. The van der Waals surface area contributed by atoms with Gasteiger partial charge in [-0.3, -0.25) is 0 Å². The lowest BCUT2D eigenvalue weighted by Gasteiger charge is -2.29. The maximum atomic E-state index is 12.6. The maximum Gasteiger partial charge on any atom is 0.420 e. The highest BCUT2D eigenvalue weighted by Gasteiger charge is 2.32. The quantitative estimate of drug-likeness (QED) is 0.753. The molecule has 0 bridgehead atoms. The molecule has 0 atom stereocenters. The second-order valence-electron chi connectivity index (χ2n) is 8.25. The summed E-state index contributed by atoms with van der Waals surface area (Å²) < 4.78 is 10.7. The average molecular weight is 360 g/mol. The van der Waals surface area contributed by atoms with Gasteiger partial charge in [0.05, 0.1) is 18.2 Å². The normalized spacial score (nSPS) is 11.5. The summed E-state index contributed by atoms with van der Waals surface area (Å²) in [5.74, 6) is 0. The third-order valence-corrected chi connectivity index (χ3v) is 3.37. The third-order valence-electron chi connectivity index (χ3n) is 3.37. The third kappa shape index (κ3) is 6.40. The summed E-state index contributed by atoms with van der Waals surface area (Å²) in [4.78, 5) is 26.1. The molecule has 0 saturated heterocycles. The van der Waals surface area contributed by atoms with Crippen molar-refractivity contribution in [2.45, 2.75) is 73.1 Å². The van der Waals surface area contributed by atoms with Crippen LogP contribution in [0.15, 0.2) is 12.1 Å². The van der Waals surface area contributed by atoms with E-state index in [9.17, 15) is 9.59 Å². The number of nitrogens with zero attached hydrogens (tertiary/aromatic N) is 2. The molecule has 1 rings (SSSR count). The first-order valence-electron chi connectivity index (χ1n) is 8.47. The van der Waals surface area contributed by atoms with Crippen molar-refractivity contribution in [1.82, 2.24) is 4.90 Å². The summed E-state index contributed by atoms with van der Waals surface area (Å²) in [6, 6.07) is 5.55. The standard InChI is InChI=1S/C20H28N2O4/c1-13-9-15(11-21)10-14(2)16(13)12-22(17(23)25-19(3,4)5)18(24)26-20(6,7)8/h9-10H,12H2,1-8H3. The molecule has 0 fully saturated rings. The molecule has 6 heteroatoms. The Balaban J connectivity index is 3.24. The fourth-order valence-electron chi connectivity index (χ4n) is 2.30. The zero-order chi connectivity index (χ0) is 20.3. The molecule has 0 aliphatic carbocycles. The Hall–Kier alpha value is -2.55. The summed E-state index contributed by atoms with van der Waals surface area (Å²) in [5, 5.41) is 9.08. The second kappa shape index (κ2) is 7.77. The number of hydrogen-bond donors (Lipinski definition) is 0. The van der Waals surface area contributed by atoms with E-state index in [1.54, 1.807) is 53.7 Å². The predicted octanol–water partition coefficient (Wildman–Crippen LogP) is 4.85. The number of aryl methyl sites for hydroxylation is 2. The van der Waals surface area contributed by atoms with E-state index in [1.165, 1.54) is 0 Å². The highest BCUT2D eigenvalue weighted by molar-refractivity contribution is 5.88. The van der Waals surface area contributed by atoms with Gasteiger partial charge in [-0.25, -0.2) is 14.5 Å². The van der Waals surface area contributed by atoms with Gasteiger partial charge in [0.25, 0.3) is 0 Å². The van der Waals surface area contributed by atoms with Crippen molar-refractivity contribution in [3.63, 3.8) is 0 Å². The van der Waals surface area contributed by atoms with Crippen LogP contribution in [0.4, 0.5) is 9.59 Å². The fourth-order valence-corrected chi connectivity index (χ4v) is 2.30. The van der Waals surface area contributed by atoms with E-state index in [4.69, 9.17) is 14.7 Å². The highest BCUT2D eigenvalue weighted by atomic mass is 16.6. The molecule has 0 aliphatic heterocycles. The lowest BCUT2D eigenvalue weighted by Crippen LogP contribution is -2.43. The monoisotopic (exact) mass is 360 g/mol. The number of carbonyl (C=O) groups is 2. The van der Waals surface area contributed by atoms with E-state index in [2.05, 4.69) is 6.07 Å². The lowest BCUT2D eigenvalue weighted by atomic mass is 9.99. The molecule has 0 spiro atoms. The molecule has 1 aromatic carbocycles. The van der Waals surface area contributed by atoms with Crippen molar-refractivity contribution in [3.8, 4) is 6.07 Å². The molecular weight excluding hydrogens is 332 g/mol. The van der Waals surface area contributed by atoms with Crippen LogP contribution in [-0.2, 0) is 16.0 Å². The number of amides is 2. The van der Waals surface area contributed by atoms with E-state index in [-0.39, 0.29) is 6.54 Å². The zero-order valence-corrected chi connectivity index (χ0v) is 16.9. The molecule has 2 amide bonds. The van der Waals surface area contributed by atoms with Gasteiger partial charge in [0.15, 0.2) is 0 Å². The van der Waals surface area contributed by atoms with Gasteiger partial charge >= 0.3 is 12.2 Å². The Morgan fingerprint density at radius 2 is 1.35 bits per heavy atom. The SMILES string of the molecule is Cc1cc(C#N)cc(C)c1CN(C(=O)OC(C)(C)C)C(=O)OC(C)(C)C. The van der Waals surface area contributed by atoms with Crippen LogP contribution in [0.1, 0.15) is 63.8 Å². The molecule has 6 nitrogen and oxygen atoms in total. The Bertz CT molecular complexity index is 683. The van der Waals surface area contributed by atoms with Gasteiger partial charge in [0.2, 0.25) is 0 Å². The van der Waals surface area contributed by atoms with Crippen LogP contribution in [0.25, 0.3) is 0 Å². The van der Waals surface area contributed by atoms with Gasteiger partial charge in [0.1, 0.15) is 11.2 Å². The van der Waals surface area contributed by atoms with Gasteiger partial charge < -0.3 is 9.47 Å². The number of benzene rings is 1. The van der Waals surface area contributed by atoms with Gasteiger partial charge in [-0.05, 0) is 84.2 Å². The number of hydrogen-bond acceptors (Lipinski definition) is 5. The number of rotatable bonds is 2. The van der Waals surface area contributed by atoms with Crippen LogP contribution in [0.3, 0.4) is 0 Å². The summed E-state index contributed by atoms with van der Waals surface area (Å²) in [6.45, 7) is 14.1. The first-order valence-corrected chi connectivity index (χ1v) is 8.47. The number of carbonyl (C=O) groups excluding carboxylic acids is 2. The van der Waals surface area contributed by atoms with Gasteiger partial charge in [-0.15, -0.1) is 0 Å². The van der Waals surface area contributed by atoms with Crippen LogP contribution < -0.4 is 0 Å². The van der Waals surface area contributed by atoms with Gasteiger partial charge in [0, 0.05) is 0 Å². The van der Waals surface area contributed by atoms with Crippen LogP contribution in [0.5, 0.6) is 0 Å². The molecule has 0 unspecified atom stereocenters. The Kier molecular flexibility index (Phi) is 6.43. The van der Waals surface area contributed by atoms with Crippen molar-refractivity contribution < 1.29 is 19.1 Å². The topological polar surface area (TPSA) is 79.6 Å². The summed E-state index contributed by atoms with van der Waals surface area (Å²) in [6.07, 6.45) is -1.54.